The number of ether oxygens (including phenoxy) is 3. The highest BCUT2D eigenvalue weighted by Gasteiger charge is 2.05. The van der Waals surface area contributed by atoms with Crippen LogP contribution in [0.5, 0.6) is 0 Å². The van der Waals surface area contributed by atoms with Crippen LogP contribution in [0.2, 0.25) is 0 Å². The molecule has 118 valence electrons. The van der Waals surface area contributed by atoms with Crippen LogP contribution in [-0.2, 0) is 23.8 Å². The van der Waals surface area contributed by atoms with Gasteiger partial charge in [0.05, 0.1) is 33.0 Å². The summed E-state index contributed by atoms with van der Waals surface area (Å²) in [6.07, 6.45) is 0.417. The number of carbonyl (C=O) groups excluding carboxylic acids is 2. The summed E-state index contributed by atoms with van der Waals surface area (Å²) >= 11 is 0. The van der Waals surface area contributed by atoms with Gasteiger partial charge >= 0.3 is 0 Å². The first-order chi connectivity index (χ1) is 9.70. The van der Waals surface area contributed by atoms with Crippen LogP contribution >= 0.6 is 0 Å². The standard InChI is InChI=1S/C13H26N2O5/c1-3-14-12(16)4-5-13(17)15-6-7-19-10-11-20-9-8-18-2/h3-11H2,1-2H3,(H,14,16)(H,15,17). The molecule has 0 radical (unpaired) electrons. The second kappa shape index (κ2) is 14.2. The topological polar surface area (TPSA) is 85.9 Å². The Labute approximate surface area is 120 Å². The lowest BCUT2D eigenvalue weighted by Crippen LogP contribution is -2.30. The van der Waals surface area contributed by atoms with E-state index in [-0.39, 0.29) is 24.7 Å². The fourth-order valence-corrected chi connectivity index (χ4v) is 1.33. The van der Waals surface area contributed by atoms with Crippen molar-refractivity contribution in [3.8, 4) is 0 Å². The molecule has 0 heterocycles. The van der Waals surface area contributed by atoms with Gasteiger partial charge in [-0.1, -0.05) is 0 Å². The molecular formula is C13H26N2O5. The SMILES string of the molecule is CCNC(=O)CCC(=O)NCCOCCOCCOC. The third kappa shape index (κ3) is 13.3. The molecule has 0 saturated heterocycles. The van der Waals surface area contributed by atoms with Crippen LogP contribution in [-0.4, -0.2) is 65.0 Å². The van der Waals surface area contributed by atoms with Crippen LogP contribution in [0.1, 0.15) is 19.8 Å². The summed E-state index contributed by atoms with van der Waals surface area (Å²) in [7, 11) is 1.62. The van der Waals surface area contributed by atoms with Gasteiger partial charge in [0.25, 0.3) is 0 Å². The third-order valence-electron chi connectivity index (χ3n) is 2.33. The minimum Gasteiger partial charge on any atom is -0.382 e. The zero-order valence-corrected chi connectivity index (χ0v) is 12.4. The Hall–Kier alpha value is -1.18. The molecule has 0 aliphatic heterocycles. The maximum Gasteiger partial charge on any atom is 0.220 e. The number of nitrogens with one attached hydrogen (secondary N) is 2. The molecule has 0 unspecified atom stereocenters. The quantitative estimate of drug-likeness (QED) is 0.455. The van der Waals surface area contributed by atoms with Gasteiger partial charge in [0.15, 0.2) is 0 Å². The van der Waals surface area contributed by atoms with Crippen LogP contribution in [0.25, 0.3) is 0 Å². The summed E-state index contributed by atoms with van der Waals surface area (Å²) in [5, 5.41) is 5.33. The van der Waals surface area contributed by atoms with Crippen molar-refractivity contribution in [3.05, 3.63) is 0 Å². The summed E-state index contributed by atoms with van der Waals surface area (Å²) < 4.78 is 15.3. The normalized spacial score (nSPS) is 10.3. The molecule has 0 fully saturated rings. The van der Waals surface area contributed by atoms with Crippen molar-refractivity contribution < 1.29 is 23.8 Å². The van der Waals surface area contributed by atoms with E-state index >= 15 is 0 Å². The smallest absolute Gasteiger partial charge is 0.220 e. The van der Waals surface area contributed by atoms with Crippen LogP contribution < -0.4 is 10.6 Å². The molecule has 0 bridgehead atoms. The van der Waals surface area contributed by atoms with E-state index in [4.69, 9.17) is 14.2 Å². The Morgan fingerprint density at radius 2 is 1.40 bits per heavy atom. The molecular weight excluding hydrogens is 264 g/mol. The predicted octanol–water partition coefficient (Wildman–Crippen LogP) is -0.301. The molecule has 0 aromatic heterocycles. The summed E-state index contributed by atoms with van der Waals surface area (Å²) in [6, 6.07) is 0. The molecule has 2 amide bonds. The van der Waals surface area contributed by atoms with Gasteiger partial charge in [0.2, 0.25) is 11.8 Å². The summed E-state index contributed by atoms with van der Waals surface area (Å²) in [4.78, 5) is 22.5. The fourth-order valence-electron chi connectivity index (χ4n) is 1.33. The lowest BCUT2D eigenvalue weighted by Gasteiger charge is -2.07. The summed E-state index contributed by atoms with van der Waals surface area (Å²) in [5.41, 5.74) is 0. The minimum absolute atomic E-state index is 0.105. The molecule has 0 aliphatic rings. The predicted molar refractivity (Wildman–Crippen MR) is 74.4 cm³/mol. The third-order valence-corrected chi connectivity index (χ3v) is 2.33. The average molecular weight is 290 g/mol. The number of hydrogen-bond acceptors (Lipinski definition) is 5. The Bertz CT molecular complexity index is 261. The van der Waals surface area contributed by atoms with Gasteiger partial charge < -0.3 is 24.8 Å². The monoisotopic (exact) mass is 290 g/mol. The van der Waals surface area contributed by atoms with Crippen molar-refractivity contribution in [2.75, 3.05) is 53.2 Å². The number of rotatable bonds is 13. The molecule has 0 rings (SSSR count). The largest absolute Gasteiger partial charge is 0.382 e. The van der Waals surface area contributed by atoms with Crippen molar-refractivity contribution in [3.63, 3.8) is 0 Å². The maximum atomic E-state index is 11.4. The van der Waals surface area contributed by atoms with Crippen molar-refractivity contribution in [2.45, 2.75) is 19.8 Å². The van der Waals surface area contributed by atoms with Gasteiger partial charge in [0, 0.05) is 33.0 Å². The lowest BCUT2D eigenvalue weighted by atomic mass is 10.3. The zero-order valence-electron chi connectivity index (χ0n) is 12.4. The molecule has 0 aliphatic carbocycles. The molecule has 7 heteroatoms. The first-order valence-corrected chi connectivity index (χ1v) is 6.88. The molecule has 0 spiro atoms. The number of amides is 2. The molecule has 20 heavy (non-hydrogen) atoms. The first kappa shape index (κ1) is 18.8. The zero-order chi connectivity index (χ0) is 15.1. The molecule has 0 aromatic carbocycles. The van der Waals surface area contributed by atoms with E-state index in [1.54, 1.807) is 7.11 Å². The van der Waals surface area contributed by atoms with E-state index in [0.717, 1.165) is 0 Å². The lowest BCUT2D eigenvalue weighted by molar-refractivity contribution is -0.126. The van der Waals surface area contributed by atoms with Gasteiger partial charge in [-0.2, -0.15) is 0 Å². The van der Waals surface area contributed by atoms with E-state index in [1.165, 1.54) is 0 Å². The van der Waals surface area contributed by atoms with E-state index in [9.17, 15) is 9.59 Å². The highest BCUT2D eigenvalue weighted by Crippen LogP contribution is 1.88. The second-order valence-electron chi connectivity index (χ2n) is 4.02. The molecule has 0 saturated carbocycles. The van der Waals surface area contributed by atoms with Crippen molar-refractivity contribution >= 4 is 11.8 Å². The van der Waals surface area contributed by atoms with E-state index in [2.05, 4.69) is 10.6 Å². The van der Waals surface area contributed by atoms with Gasteiger partial charge in [-0.25, -0.2) is 0 Å². The van der Waals surface area contributed by atoms with Gasteiger partial charge in [-0.05, 0) is 6.92 Å². The van der Waals surface area contributed by atoms with Crippen LogP contribution in [0.3, 0.4) is 0 Å². The minimum atomic E-state index is -0.142. The van der Waals surface area contributed by atoms with Crippen molar-refractivity contribution in [2.24, 2.45) is 0 Å². The Morgan fingerprint density at radius 3 is 2.00 bits per heavy atom. The average Bonchev–Trinajstić information content (AvgIpc) is 2.43. The van der Waals surface area contributed by atoms with Gasteiger partial charge in [0.1, 0.15) is 0 Å². The molecule has 0 atom stereocenters. The van der Waals surface area contributed by atoms with Crippen molar-refractivity contribution in [1.82, 2.24) is 10.6 Å². The van der Waals surface area contributed by atoms with Crippen LogP contribution in [0.4, 0.5) is 0 Å². The maximum absolute atomic E-state index is 11.4. The fraction of sp³-hybridized carbons (Fsp3) is 0.846. The highest BCUT2D eigenvalue weighted by atomic mass is 16.5. The van der Waals surface area contributed by atoms with Crippen molar-refractivity contribution in [1.29, 1.82) is 0 Å². The number of carbonyl (C=O) groups is 2. The van der Waals surface area contributed by atoms with Crippen LogP contribution in [0.15, 0.2) is 0 Å². The summed E-state index contributed by atoms with van der Waals surface area (Å²) in [5.74, 6) is -0.247. The van der Waals surface area contributed by atoms with E-state index in [0.29, 0.717) is 46.1 Å². The first-order valence-electron chi connectivity index (χ1n) is 6.88. The van der Waals surface area contributed by atoms with Gasteiger partial charge in [-0.15, -0.1) is 0 Å². The molecule has 7 nitrogen and oxygen atoms in total. The van der Waals surface area contributed by atoms with Gasteiger partial charge in [-0.3, -0.25) is 9.59 Å². The Balaban J connectivity index is 3.25. The van der Waals surface area contributed by atoms with Crippen LogP contribution in [0, 0.1) is 0 Å². The highest BCUT2D eigenvalue weighted by molar-refractivity contribution is 5.83. The number of methoxy groups -OCH3 is 1. The number of hydrogen-bond donors (Lipinski definition) is 2. The van der Waals surface area contributed by atoms with E-state index < -0.39 is 0 Å². The van der Waals surface area contributed by atoms with E-state index in [1.807, 2.05) is 6.92 Å². The molecule has 2 N–H and O–H groups in total. The second-order valence-corrected chi connectivity index (χ2v) is 4.02. The Morgan fingerprint density at radius 1 is 0.850 bits per heavy atom. The Kier molecular flexibility index (Phi) is 13.4. The summed E-state index contributed by atoms with van der Waals surface area (Å²) in [6.45, 7) is 5.41. The molecule has 0 aromatic rings.